The molecule has 0 radical (unpaired) electrons. The Balaban J connectivity index is 1.94. The largest absolute Gasteiger partial charge is 0.868 e. The number of carbonyl (C=O) groups excluding carboxylic acids is 1. The van der Waals surface area contributed by atoms with Gasteiger partial charge in [0.25, 0.3) is 11.2 Å². The lowest BCUT2D eigenvalue weighted by Crippen LogP contribution is -2.39. The van der Waals surface area contributed by atoms with Crippen molar-refractivity contribution < 1.29 is 19.6 Å². The topological polar surface area (TPSA) is 127 Å². The van der Waals surface area contributed by atoms with E-state index in [0.717, 1.165) is 23.5 Å². The summed E-state index contributed by atoms with van der Waals surface area (Å²) in [5.41, 5.74) is 0.794. The van der Waals surface area contributed by atoms with Crippen molar-refractivity contribution in [1.29, 1.82) is 0 Å². The second-order valence-corrected chi connectivity index (χ2v) is 8.21. The molecule has 2 aromatic carbocycles. The van der Waals surface area contributed by atoms with Gasteiger partial charge in [-0.1, -0.05) is 53.8 Å². The van der Waals surface area contributed by atoms with E-state index in [-0.39, 0.29) is 16.7 Å². The minimum absolute atomic E-state index is 0.177. The number of nitro benzene ring substituents is 1. The van der Waals surface area contributed by atoms with Gasteiger partial charge in [0.2, 0.25) is 0 Å². The van der Waals surface area contributed by atoms with Crippen LogP contribution in [0.15, 0.2) is 69.6 Å². The quantitative estimate of drug-likeness (QED) is 0.322. The Morgan fingerprint density at radius 3 is 2.67 bits per heavy atom. The third-order valence-corrected chi connectivity index (χ3v) is 6.09. The van der Waals surface area contributed by atoms with Crippen molar-refractivity contribution in [2.24, 2.45) is 4.99 Å². The Kier molecular flexibility index (Phi) is 5.93. The van der Waals surface area contributed by atoms with Gasteiger partial charge in [-0.25, -0.2) is 9.79 Å². The van der Waals surface area contributed by atoms with Crippen LogP contribution in [0.2, 0.25) is 0 Å². The molecule has 0 saturated heterocycles. The number of ether oxygens (including phenoxy) is 1. The van der Waals surface area contributed by atoms with E-state index < -0.39 is 33.9 Å². The smallest absolute Gasteiger partial charge is 0.338 e. The maximum absolute atomic E-state index is 13.4. The summed E-state index contributed by atoms with van der Waals surface area (Å²) in [6.07, 6.45) is 1.47. The van der Waals surface area contributed by atoms with Gasteiger partial charge in [-0.2, -0.15) is 0 Å². The maximum Gasteiger partial charge on any atom is 0.338 e. The number of hydrogen-bond acceptors (Lipinski definition) is 8. The van der Waals surface area contributed by atoms with Crippen molar-refractivity contribution in [2.75, 3.05) is 6.61 Å². The number of esters is 1. The average molecular weight is 464 g/mol. The van der Waals surface area contributed by atoms with Crippen molar-refractivity contribution in [1.82, 2.24) is 4.57 Å². The summed E-state index contributed by atoms with van der Waals surface area (Å²) in [5, 5.41) is 22.8. The number of fused-ring (bicyclic) bond motifs is 1. The van der Waals surface area contributed by atoms with E-state index in [4.69, 9.17) is 4.74 Å². The fourth-order valence-electron chi connectivity index (χ4n) is 3.66. The van der Waals surface area contributed by atoms with Crippen LogP contribution < -0.4 is 20.0 Å². The first-order valence-corrected chi connectivity index (χ1v) is 10.8. The van der Waals surface area contributed by atoms with E-state index >= 15 is 0 Å². The van der Waals surface area contributed by atoms with Gasteiger partial charge in [-0.15, -0.1) is 0 Å². The van der Waals surface area contributed by atoms with Gasteiger partial charge < -0.3 is 9.84 Å². The third-order valence-electron chi connectivity index (χ3n) is 5.11. The highest BCUT2D eigenvalue weighted by atomic mass is 32.1. The van der Waals surface area contributed by atoms with Gasteiger partial charge in [0.15, 0.2) is 4.80 Å². The fourth-order valence-corrected chi connectivity index (χ4v) is 4.71. The molecule has 0 N–H and O–H groups in total. The molecule has 33 heavy (non-hydrogen) atoms. The van der Waals surface area contributed by atoms with Gasteiger partial charge in [0.1, 0.15) is 0 Å². The standard InChI is InChI=1S/C23H19N3O6S/c1-3-32-22(29)19-13(2)24-23-25(20(19)15-7-5-4-6-8-15)21(28)18(33-23)12-14-9-10-17(27)16(11-14)26(30)31/h4-12,20,27H,3H2,1-2H3/p-1/t20-/m1/s1. The van der Waals surface area contributed by atoms with E-state index in [1.54, 1.807) is 13.8 Å². The molecule has 1 atom stereocenters. The predicted octanol–water partition coefficient (Wildman–Crippen LogP) is 1.78. The van der Waals surface area contributed by atoms with Crippen LogP contribution in [-0.4, -0.2) is 22.1 Å². The Morgan fingerprint density at radius 1 is 1.27 bits per heavy atom. The molecule has 1 aliphatic rings. The zero-order valence-corrected chi connectivity index (χ0v) is 18.5. The van der Waals surface area contributed by atoms with Crippen LogP contribution in [-0.2, 0) is 9.53 Å². The monoisotopic (exact) mass is 464 g/mol. The van der Waals surface area contributed by atoms with Gasteiger partial charge in [-0.3, -0.25) is 19.5 Å². The first-order chi connectivity index (χ1) is 15.8. The number of rotatable bonds is 5. The lowest BCUT2D eigenvalue weighted by Gasteiger charge is -2.24. The zero-order valence-electron chi connectivity index (χ0n) is 17.7. The molecule has 4 rings (SSSR count). The number of aromatic nitrogens is 1. The number of carbonyl (C=O) groups is 1. The van der Waals surface area contributed by atoms with Crippen LogP contribution >= 0.6 is 11.3 Å². The molecule has 168 valence electrons. The minimum atomic E-state index is -0.758. The van der Waals surface area contributed by atoms with E-state index in [1.807, 2.05) is 30.3 Å². The summed E-state index contributed by atoms with van der Waals surface area (Å²) in [7, 11) is 0. The summed E-state index contributed by atoms with van der Waals surface area (Å²) >= 11 is 1.10. The molecule has 10 heteroatoms. The van der Waals surface area contributed by atoms with Crippen molar-refractivity contribution in [2.45, 2.75) is 19.9 Å². The van der Waals surface area contributed by atoms with Crippen LogP contribution in [0.4, 0.5) is 5.69 Å². The van der Waals surface area contributed by atoms with Gasteiger partial charge in [0, 0.05) is 6.07 Å². The van der Waals surface area contributed by atoms with Crippen molar-refractivity contribution in [3.63, 3.8) is 0 Å². The second-order valence-electron chi connectivity index (χ2n) is 7.20. The number of allylic oxidation sites excluding steroid dienone is 1. The highest BCUT2D eigenvalue weighted by Gasteiger charge is 2.33. The lowest BCUT2D eigenvalue weighted by atomic mass is 9.96. The first kappa shape index (κ1) is 22.2. The van der Waals surface area contributed by atoms with Crippen LogP contribution in [0.1, 0.15) is 31.0 Å². The molecule has 0 saturated carbocycles. The van der Waals surface area contributed by atoms with E-state index in [1.165, 1.54) is 16.7 Å². The Labute approximate surface area is 191 Å². The normalized spacial score (nSPS) is 15.7. The summed E-state index contributed by atoms with van der Waals surface area (Å²) < 4.78 is 6.93. The molecule has 0 aliphatic carbocycles. The number of nitro groups is 1. The summed E-state index contributed by atoms with van der Waals surface area (Å²) in [6, 6.07) is 12.0. The van der Waals surface area contributed by atoms with Crippen LogP contribution in [0.25, 0.3) is 6.08 Å². The maximum atomic E-state index is 13.4. The molecule has 1 aromatic heterocycles. The molecule has 0 bridgehead atoms. The number of hydrogen-bond donors (Lipinski definition) is 0. The first-order valence-electron chi connectivity index (χ1n) is 10.0. The highest BCUT2D eigenvalue weighted by molar-refractivity contribution is 7.07. The SMILES string of the molecule is CCOC(=O)C1=C(C)N=c2sc(=Cc3ccc([O-])c([N+](=O)[O-])c3)c(=O)n2[C@@H]1c1ccccc1. The lowest BCUT2D eigenvalue weighted by molar-refractivity contribution is -0.398. The second kappa shape index (κ2) is 8.83. The number of nitrogens with zero attached hydrogens (tertiary/aromatic N) is 3. The highest BCUT2D eigenvalue weighted by Crippen LogP contribution is 2.30. The van der Waals surface area contributed by atoms with Crippen LogP contribution in [0, 0.1) is 10.1 Å². The molecular weight excluding hydrogens is 446 g/mol. The zero-order chi connectivity index (χ0) is 23.7. The fraction of sp³-hybridized carbons (Fsp3) is 0.174. The van der Waals surface area contributed by atoms with Crippen LogP contribution in [0.5, 0.6) is 5.75 Å². The molecule has 3 aromatic rings. The number of benzene rings is 2. The van der Waals surface area contributed by atoms with Gasteiger partial charge in [0.05, 0.1) is 33.4 Å². The molecule has 9 nitrogen and oxygen atoms in total. The molecular formula is C23H18N3O6S-. The number of thiazole rings is 1. The molecule has 1 aliphatic heterocycles. The van der Waals surface area contributed by atoms with Gasteiger partial charge >= 0.3 is 5.97 Å². The van der Waals surface area contributed by atoms with E-state index in [0.29, 0.717) is 21.6 Å². The van der Waals surface area contributed by atoms with Crippen molar-refractivity contribution in [3.05, 3.63) is 101 Å². The summed E-state index contributed by atoms with van der Waals surface area (Å²) in [6.45, 7) is 3.57. The Hall–Kier alpha value is -4.05. The molecule has 0 unspecified atom stereocenters. The Morgan fingerprint density at radius 2 is 2.00 bits per heavy atom. The molecule has 0 amide bonds. The summed E-state index contributed by atoms with van der Waals surface area (Å²) in [5.74, 6) is -1.26. The van der Waals surface area contributed by atoms with Crippen molar-refractivity contribution in [3.8, 4) is 5.75 Å². The van der Waals surface area contributed by atoms with Crippen LogP contribution in [0.3, 0.4) is 0 Å². The molecule has 2 heterocycles. The van der Waals surface area contributed by atoms with Gasteiger partial charge in [-0.05, 0) is 36.8 Å². The Bertz CT molecular complexity index is 1470. The predicted molar refractivity (Wildman–Crippen MR) is 119 cm³/mol. The molecule has 0 spiro atoms. The minimum Gasteiger partial charge on any atom is -0.868 e. The summed E-state index contributed by atoms with van der Waals surface area (Å²) in [4.78, 5) is 41.4. The third kappa shape index (κ3) is 4.08. The molecule has 0 fully saturated rings. The average Bonchev–Trinajstić information content (AvgIpc) is 3.09. The van der Waals surface area contributed by atoms with Crippen molar-refractivity contribution >= 4 is 29.1 Å². The van der Waals surface area contributed by atoms with E-state index in [2.05, 4.69) is 4.99 Å². The van der Waals surface area contributed by atoms with E-state index in [9.17, 15) is 24.8 Å².